The highest BCUT2D eigenvalue weighted by Crippen LogP contribution is 2.48. The van der Waals surface area contributed by atoms with Gasteiger partial charge in [0.25, 0.3) is 0 Å². The van der Waals surface area contributed by atoms with Gasteiger partial charge in [-0.2, -0.15) is 0 Å². The smallest absolute Gasteiger partial charge is 0.339 e. The van der Waals surface area contributed by atoms with Crippen LogP contribution in [0, 0.1) is 5.92 Å². The van der Waals surface area contributed by atoms with Crippen molar-refractivity contribution in [2.45, 2.75) is 31.8 Å². The van der Waals surface area contributed by atoms with E-state index in [1.165, 1.54) is 14.2 Å². The summed E-state index contributed by atoms with van der Waals surface area (Å²) < 4.78 is 20.8. The van der Waals surface area contributed by atoms with Gasteiger partial charge in [-0.15, -0.1) is 0 Å². The Hall–Kier alpha value is -3.52. The zero-order valence-corrected chi connectivity index (χ0v) is 20.8. The van der Waals surface area contributed by atoms with E-state index >= 15 is 0 Å². The number of hydrogen-bond acceptors (Lipinski definition) is 8. The molecule has 8 nitrogen and oxygen atoms in total. The molecule has 8 heteroatoms. The van der Waals surface area contributed by atoms with Crippen LogP contribution >= 0.6 is 0 Å². The Balaban J connectivity index is 2.30. The van der Waals surface area contributed by atoms with Crippen molar-refractivity contribution in [1.82, 2.24) is 4.90 Å². The van der Waals surface area contributed by atoms with Crippen LogP contribution in [-0.2, 0) is 19.1 Å². The topological polar surface area (TPSA) is 94.5 Å². The predicted molar refractivity (Wildman–Crippen MR) is 130 cm³/mol. The summed E-state index contributed by atoms with van der Waals surface area (Å²) in [5.41, 5.74) is 1.57. The molecule has 1 aliphatic heterocycles. The summed E-state index contributed by atoms with van der Waals surface area (Å²) in [6.45, 7) is 2.63. The van der Waals surface area contributed by atoms with E-state index in [1.807, 2.05) is 24.3 Å². The molecule has 0 fully saturated rings. The second kappa shape index (κ2) is 11.8. The number of carbonyl (C=O) groups excluding carboxylic acids is 2. The van der Waals surface area contributed by atoms with E-state index in [0.717, 1.165) is 24.0 Å². The average molecular weight is 484 g/mol. The second-order valence-corrected chi connectivity index (χ2v) is 8.28. The Morgan fingerprint density at radius 3 is 1.86 bits per heavy atom. The van der Waals surface area contributed by atoms with Crippen molar-refractivity contribution < 1.29 is 33.6 Å². The summed E-state index contributed by atoms with van der Waals surface area (Å²) in [5.74, 6) is -1.48. The van der Waals surface area contributed by atoms with Crippen molar-refractivity contribution in [1.29, 1.82) is 0 Å². The van der Waals surface area contributed by atoms with E-state index in [4.69, 9.17) is 18.9 Å². The van der Waals surface area contributed by atoms with Crippen LogP contribution in [0.4, 0.5) is 0 Å². The molecular formula is C27H33NO7. The SMILES string of the molecule is CCCCN1C(c2ccc(OC)cc2)C(C(=O)OC)=C(O)C(C(=O)OC)C1c1ccc(OC)cc1. The fourth-order valence-electron chi connectivity index (χ4n) is 4.61. The minimum absolute atomic E-state index is 0.0222. The maximum Gasteiger partial charge on any atom is 0.339 e. The number of nitrogens with zero attached hydrogens (tertiary/aromatic N) is 1. The molecule has 0 aromatic heterocycles. The molecule has 3 atom stereocenters. The van der Waals surface area contributed by atoms with Crippen LogP contribution in [0.3, 0.4) is 0 Å². The highest BCUT2D eigenvalue weighted by atomic mass is 16.5. The van der Waals surface area contributed by atoms with Gasteiger partial charge in [-0.3, -0.25) is 9.69 Å². The van der Waals surface area contributed by atoms with Gasteiger partial charge < -0.3 is 24.1 Å². The number of rotatable bonds is 9. The Morgan fingerprint density at radius 1 is 0.857 bits per heavy atom. The second-order valence-electron chi connectivity index (χ2n) is 8.28. The van der Waals surface area contributed by atoms with Crippen LogP contribution in [0.5, 0.6) is 11.5 Å². The maximum atomic E-state index is 13.1. The third kappa shape index (κ3) is 5.27. The molecule has 35 heavy (non-hydrogen) atoms. The molecule has 2 aromatic carbocycles. The molecule has 1 aliphatic rings. The molecular weight excluding hydrogens is 450 g/mol. The minimum atomic E-state index is -1.12. The standard InChI is InChI=1S/C27H33NO7/c1-6-7-16-28-23(17-8-12-19(32-2)13-9-17)21(26(30)34-4)25(29)22(27(31)35-5)24(28)18-10-14-20(33-3)15-11-18/h8-15,21,23-24,29H,6-7,16H2,1-5H3. The van der Waals surface area contributed by atoms with Crippen LogP contribution in [0.1, 0.15) is 43.0 Å². The molecule has 0 radical (unpaired) electrons. The summed E-state index contributed by atoms with van der Waals surface area (Å²) in [5, 5.41) is 11.4. The summed E-state index contributed by atoms with van der Waals surface area (Å²) in [4.78, 5) is 28.1. The van der Waals surface area contributed by atoms with E-state index in [1.54, 1.807) is 38.5 Å². The van der Waals surface area contributed by atoms with Crippen LogP contribution in [0.2, 0.25) is 0 Å². The van der Waals surface area contributed by atoms with Gasteiger partial charge in [0.1, 0.15) is 23.2 Å². The van der Waals surface area contributed by atoms with Crippen LogP contribution in [0.15, 0.2) is 59.9 Å². The van der Waals surface area contributed by atoms with E-state index < -0.39 is 29.9 Å². The quantitative estimate of drug-likeness (QED) is 0.525. The normalized spacial score (nSPS) is 20.3. The van der Waals surface area contributed by atoms with Gasteiger partial charge in [-0.25, -0.2) is 4.79 Å². The molecule has 0 aliphatic carbocycles. The third-order valence-corrected chi connectivity index (χ3v) is 6.37. The van der Waals surface area contributed by atoms with Gasteiger partial charge in [-0.05, 0) is 48.4 Å². The van der Waals surface area contributed by atoms with Crippen molar-refractivity contribution in [2.24, 2.45) is 5.92 Å². The van der Waals surface area contributed by atoms with Gasteiger partial charge in [0.15, 0.2) is 0 Å². The molecule has 0 amide bonds. The number of methoxy groups -OCH3 is 4. The maximum absolute atomic E-state index is 13.1. The number of benzene rings is 2. The summed E-state index contributed by atoms with van der Waals surface area (Å²) >= 11 is 0. The highest BCUT2D eigenvalue weighted by molar-refractivity contribution is 5.93. The number of aliphatic hydroxyl groups excluding tert-OH is 1. The Kier molecular flexibility index (Phi) is 8.76. The van der Waals surface area contributed by atoms with Crippen molar-refractivity contribution in [3.05, 3.63) is 71.0 Å². The fourth-order valence-corrected chi connectivity index (χ4v) is 4.61. The minimum Gasteiger partial charge on any atom is -0.511 e. The number of aliphatic hydroxyl groups is 1. The van der Waals surface area contributed by atoms with Gasteiger partial charge in [-0.1, -0.05) is 37.6 Å². The zero-order valence-electron chi connectivity index (χ0n) is 20.8. The fraction of sp³-hybridized carbons (Fsp3) is 0.407. The monoisotopic (exact) mass is 483 g/mol. The van der Waals surface area contributed by atoms with E-state index in [-0.39, 0.29) is 11.3 Å². The lowest BCUT2D eigenvalue weighted by Crippen LogP contribution is -2.47. The molecule has 0 bridgehead atoms. The van der Waals surface area contributed by atoms with Gasteiger partial charge in [0.2, 0.25) is 0 Å². The predicted octanol–water partition coefficient (Wildman–Crippen LogP) is 4.38. The zero-order chi connectivity index (χ0) is 25.5. The number of ether oxygens (including phenoxy) is 4. The van der Waals surface area contributed by atoms with E-state index in [9.17, 15) is 14.7 Å². The van der Waals surface area contributed by atoms with Gasteiger partial charge in [0.05, 0.1) is 46.1 Å². The molecule has 188 valence electrons. The molecule has 2 aromatic rings. The first kappa shape index (κ1) is 26.1. The van der Waals surface area contributed by atoms with E-state index in [2.05, 4.69) is 11.8 Å². The van der Waals surface area contributed by atoms with Crippen molar-refractivity contribution in [2.75, 3.05) is 35.0 Å². The molecule has 1 heterocycles. The lowest BCUT2D eigenvalue weighted by atomic mass is 9.79. The number of carbonyl (C=O) groups is 2. The Morgan fingerprint density at radius 2 is 1.40 bits per heavy atom. The third-order valence-electron chi connectivity index (χ3n) is 6.37. The van der Waals surface area contributed by atoms with Crippen LogP contribution in [-0.4, -0.2) is 56.9 Å². The highest BCUT2D eigenvalue weighted by Gasteiger charge is 2.49. The van der Waals surface area contributed by atoms with Crippen molar-refractivity contribution in [3.63, 3.8) is 0 Å². The Labute approximate surface area is 206 Å². The molecule has 3 rings (SSSR count). The number of esters is 2. The molecule has 3 unspecified atom stereocenters. The Bertz CT molecular complexity index is 1050. The first-order valence-corrected chi connectivity index (χ1v) is 11.5. The van der Waals surface area contributed by atoms with E-state index in [0.29, 0.717) is 18.0 Å². The summed E-state index contributed by atoms with van der Waals surface area (Å²) in [6.07, 6.45) is 1.70. The molecule has 1 N–H and O–H groups in total. The summed E-state index contributed by atoms with van der Waals surface area (Å²) in [6, 6.07) is 13.4. The van der Waals surface area contributed by atoms with Crippen molar-refractivity contribution >= 4 is 11.9 Å². The first-order chi connectivity index (χ1) is 16.9. The molecule has 0 spiro atoms. The van der Waals surface area contributed by atoms with Gasteiger partial charge >= 0.3 is 11.9 Å². The van der Waals surface area contributed by atoms with Crippen molar-refractivity contribution in [3.8, 4) is 11.5 Å². The molecule has 0 saturated heterocycles. The van der Waals surface area contributed by atoms with Crippen LogP contribution in [0.25, 0.3) is 0 Å². The lowest BCUT2D eigenvalue weighted by Gasteiger charge is -2.45. The lowest BCUT2D eigenvalue weighted by molar-refractivity contribution is -0.149. The largest absolute Gasteiger partial charge is 0.511 e. The van der Waals surface area contributed by atoms with Crippen LogP contribution < -0.4 is 9.47 Å². The van der Waals surface area contributed by atoms with Gasteiger partial charge in [0, 0.05) is 0 Å². The first-order valence-electron chi connectivity index (χ1n) is 11.5. The average Bonchev–Trinajstić information content (AvgIpc) is 2.90. The number of hydrogen-bond donors (Lipinski definition) is 1. The summed E-state index contributed by atoms with van der Waals surface area (Å²) in [7, 11) is 5.68. The number of unbranched alkanes of at least 4 members (excludes halogenated alkanes) is 1. The molecule has 0 saturated carbocycles.